The highest BCUT2D eigenvalue weighted by molar-refractivity contribution is 5.84. The zero-order chi connectivity index (χ0) is 23.1. The lowest BCUT2D eigenvalue weighted by molar-refractivity contribution is 0.507. The molecule has 33 heavy (non-hydrogen) atoms. The van der Waals surface area contributed by atoms with Gasteiger partial charge >= 0.3 is 0 Å². The summed E-state index contributed by atoms with van der Waals surface area (Å²) in [6.45, 7) is 1.89. The summed E-state index contributed by atoms with van der Waals surface area (Å²) in [7, 11) is 0. The van der Waals surface area contributed by atoms with E-state index in [2.05, 4.69) is 25.3 Å². The molecule has 0 saturated carbocycles. The number of nitrogens with zero attached hydrogens (tertiary/aromatic N) is 4. The first-order valence-corrected chi connectivity index (χ1v) is 10.2. The number of anilines is 1. The number of hydrogen-bond acceptors (Lipinski definition) is 5. The van der Waals surface area contributed by atoms with Gasteiger partial charge in [0.05, 0.1) is 23.4 Å². The number of nitrogens with one attached hydrogen (secondary N) is 2. The molecule has 5 rings (SSSR count). The minimum absolute atomic E-state index is 0.0758. The molecule has 3 heterocycles. The third-order valence-electron chi connectivity index (χ3n) is 5.48. The Morgan fingerprint density at radius 1 is 1.03 bits per heavy atom. The Hall–Kier alpha value is -4.21. The average Bonchev–Trinajstić information content (AvgIpc) is 3.29. The van der Waals surface area contributed by atoms with E-state index < -0.39 is 29.1 Å². The third-order valence-corrected chi connectivity index (χ3v) is 5.48. The second-order valence-electron chi connectivity index (χ2n) is 7.44. The number of aromatic amines is 1. The van der Waals surface area contributed by atoms with Gasteiger partial charge < -0.3 is 10.3 Å². The fourth-order valence-corrected chi connectivity index (χ4v) is 3.91. The molecule has 2 N–H and O–H groups in total. The number of H-pyrrole nitrogens is 1. The van der Waals surface area contributed by atoms with E-state index in [9.17, 15) is 18.0 Å². The van der Waals surface area contributed by atoms with Crippen LogP contribution in [0.1, 0.15) is 25.1 Å². The molecule has 0 aliphatic heterocycles. The molecule has 0 bridgehead atoms. The maximum atomic E-state index is 14.6. The summed E-state index contributed by atoms with van der Waals surface area (Å²) in [6, 6.07) is 8.59. The molecule has 0 spiro atoms. The minimum atomic E-state index is -1.12. The van der Waals surface area contributed by atoms with Gasteiger partial charge in [-0.2, -0.15) is 0 Å². The predicted molar refractivity (Wildman–Crippen MR) is 118 cm³/mol. The van der Waals surface area contributed by atoms with Crippen LogP contribution in [0.15, 0.2) is 59.9 Å². The Morgan fingerprint density at radius 3 is 2.67 bits per heavy atom. The molecule has 0 radical (unpaired) electrons. The number of aromatic nitrogens is 5. The Morgan fingerprint density at radius 2 is 1.88 bits per heavy atom. The van der Waals surface area contributed by atoms with Crippen molar-refractivity contribution in [3.63, 3.8) is 0 Å². The normalized spacial score (nSPS) is 12.4. The Bertz CT molecular complexity index is 1560. The van der Waals surface area contributed by atoms with Gasteiger partial charge in [0, 0.05) is 11.8 Å². The van der Waals surface area contributed by atoms with Gasteiger partial charge in [0.15, 0.2) is 23.1 Å². The lowest BCUT2D eigenvalue weighted by Gasteiger charge is -2.23. The molecule has 0 unspecified atom stereocenters. The van der Waals surface area contributed by atoms with Gasteiger partial charge in [0.2, 0.25) is 0 Å². The van der Waals surface area contributed by atoms with Crippen molar-refractivity contribution < 1.29 is 13.2 Å². The van der Waals surface area contributed by atoms with Crippen molar-refractivity contribution in [2.24, 2.45) is 0 Å². The molecule has 166 valence electrons. The lowest BCUT2D eigenvalue weighted by Crippen LogP contribution is -2.27. The molecular formula is C23H17F3N6O. The van der Waals surface area contributed by atoms with Crippen molar-refractivity contribution in [2.75, 3.05) is 5.32 Å². The second-order valence-corrected chi connectivity index (χ2v) is 7.44. The number of imidazole rings is 1. The van der Waals surface area contributed by atoms with Crippen LogP contribution in [0, 0.1) is 17.5 Å². The summed E-state index contributed by atoms with van der Waals surface area (Å²) in [5.41, 5.74) is 0.853. The molecule has 0 amide bonds. The van der Waals surface area contributed by atoms with Crippen LogP contribution in [-0.2, 0) is 0 Å². The van der Waals surface area contributed by atoms with Gasteiger partial charge in [-0.15, -0.1) is 0 Å². The van der Waals surface area contributed by atoms with Crippen LogP contribution >= 0.6 is 0 Å². The number of fused-ring (bicyclic) bond motifs is 2. The van der Waals surface area contributed by atoms with E-state index >= 15 is 0 Å². The number of rotatable bonds is 5. The topological polar surface area (TPSA) is 88.5 Å². The fraction of sp³-hybridized carbons (Fsp3) is 0.130. The van der Waals surface area contributed by atoms with E-state index in [-0.39, 0.29) is 11.1 Å². The summed E-state index contributed by atoms with van der Waals surface area (Å²) in [5, 5.41) is 3.51. The second kappa shape index (κ2) is 8.05. The average molecular weight is 450 g/mol. The third kappa shape index (κ3) is 3.49. The van der Waals surface area contributed by atoms with Crippen molar-refractivity contribution in [3.8, 4) is 5.69 Å². The SMILES string of the molecule is CC[C@H](Nc1ncnc2[nH]cnc12)c1cc2cccc(F)c2c(=O)n1-c1ccc(F)c(F)c1. The largest absolute Gasteiger partial charge is 0.360 e. The minimum Gasteiger partial charge on any atom is -0.360 e. The number of benzene rings is 2. The van der Waals surface area contributed by atoms with Crippen molar-refractivity contribution in [1.29, 1.82) is 0 Å². The molecule has 0 saturated heterocycles. The van der Waals surface area contributed by atoms with Gasteiger partial charge in [-0.1, -0.05) is 19.1 Å². The molecular weight excluding hydrogens is 433 g/mol. The van der Waals surface area contributed by atoms with Crippen LogP contribution in [0.2, 0.25) is 0 Å². The van der Waals surface area contributed by atoms with E-state index in [0.717, 1.165) is 12.1 Å². The van der Waals surface area contributed by atoms with Crippen LogP contribution in [-0.4, -0.2) is 24.5 Å². The Balaban J connectivity index is 1.75. The van der Waals surface area contributed by atoms with Gasteiger partial charge in [0.1, 0.15) is 17.7 Å². The van der Waals surface area contributed by atoms with Crippen molar-refractivity contribution in [2.45, 2.75) is 19.4 Å². The standard InChI is InChI=1S/C23H17F3N6O/c1-2-17(31-22-20-21(28-10-27-20)29-11-30-22)18-8-12-4-3-5-15(25)19(12)23(33)32(18)13-6-7-14(24)16(26)9-13/h3-11,17H,2H2,1H3,(H2,27,28,29,30,31)/t17-/m0/s1. The van der Waals surface area contributed by atoms with E-state index in [1.54, 1.807) is 12.1 Å². The maximum absolute atomic E-state index is 14.6. The summed E-state index contributed by atoms with van der Waals surface area (Å²) < 4.78 is 43.5. The van der Waals surface area contributed by atoms with Crippen molar-refractivity contribution in [1.82, 2.24) is 24.5 Å². The van der Waals surface area contributed by atoms with E-state index in [4.69, 9.17) is 0 Å². The summed E-state index contributed by atoms with van der Waals surface area (Å²) in [6.07, 6.45) is 3.34. The van der Waals surface area contributed by atoms with Gasteiger partial charge in [-0.25, -0.2) is 28.1 Å². The maximum Gasteiger partial charge on any atom is 0.266 e. The van der Waals surface area contributed by atoms with Crippen molar-refractivity contribution in [3.05, 3.63) is 88.6 Å². The zero-order valence-electron chi connectivity index (χ0n) is 17.3. The molecule has 0 aliphatic carbocycles. The summed E-state index contributed by atoms with van der Waals surface area (Å²) in [5.74, 6) is -2.44. The van der Waals surface area contributed by atoms with Crippen LogP contribution in [0.3, 0.4) is 0 Å². The van der Waals surface area contributed by atoms with E-state index in [1.165, 1.54) is 35.4 Å². The van der Waals surface area contributed by atoms with Gasteiger partial charge in [0.25, 0.3) is 5.56 Å². The highest BCUT2D eigenvalue weighted by Gasteiger charge is 2.22. The quantitative estimate of drug-likeness (QED) is 0.407. The molecule has 7 nitrogen and oxygen atoms in total. The van der Waals surface area contributed by atoms with Crippen LogP contribution in [0.5, 0.6) is 0 Å². The number of halogens is 3. The van der Waals surface area contributed by atoms with Crippen LogP contribution < -0.4 is 10.9 Å². The lowest BCUT2D eigenvalue weighted by atomic mass is 10.0. The summed E-state index contributed by atoms with van der Waals surface area (Å²) in [4.78, 5) is 28.9. The first kappa shape index (κ1) is 20.7. The Kier molecular flexibility index (Phi) is 5.04. The molecule has 0 fully saturated rings. The van der Waals surface area contributed by atoms with Crippen LogP contribution in [0.4, 0.5) is 19.0 Å². The van der Waals surface area contributed by atoms with Gasteiger partial charge in [-0.3, -0.25) is 9.36 Å². The molecule has 1 atom stereocenters. The van der Waals surface area contributed by atoms with Crippen molar-refractivity contribution >= 4 is 27.8 Å². The highest BCUT2D eigenvalue weighted by atomic mass is 19.2. The first-order valence-electron chi connectivity index (χ1n) is 10.2. The monoisotopic (exact) mass is 450 g/mol. The predicted octanol–water partition coefficient (Wildman–Crippen LogP) is 4.64. The number of pyridine rings is 1. The fourth-order valence-electron chi connectivity index (χ4n) is 3.91. The molecule has 5 aromatic rings. The zero-order valence-corrected chi connectivity index (χ0v) is 17.3. The van der Waals surface area contributed by atoms with Crippen LogP contribution in [0.25, 0.3) is 27.6 Å². The van der Waals surface area contributed by atoms with E-state index in [1.807, 2.05) is 6.92 Å². The van der Waals surface area contributed by atoms with Gasteiger partial charge in [-0.05, 0) is 36.1 Å². The van der Waals surface area contributed by atoms with E-state index in [0.29, 0.717) is 34.5 Å². The molecule has 3 aromatic heterocycles. The first-order chi connectivity index (χ1) is 16.0. The highest BCUT2D eigenvalue weighted by Crippen LogP contribution is 2.28. The molecule has 10 heteroatoms. The molecule has 2 aromatic carbocycles. The smallest absolute Gasteiger partial charge is 0.266 e. The Labute approximate surface area is 185 Å². The number of hydrogen-bond donors (Lipinski definition) is 2. The molecule has 0 aliphatic rings. The summed E-state index contributed by atoms with van der Waals surface area (Å²) >= 11 is 0.